The maximum atomic E-state index is 11.8. The second-order valence-corrected chi connectivity index (χ2v) is 5.74. The van der Waals surface area contributed by atoms with Crippen LogP contribution in [0.15, 0.2) is 22.7 Å². The summed E-state index contributed by atoms with van der Waals surface area (Å²) in [5, 5.41) is 11.6. The maximum Gasteiger partial charge on any atom is 0.326 e. The van der Waals surface area contributed by atoms with Gasteiger partial charge in [0.15, 0.2) is 0 Å². The molecule has 0 aliphatic heterocycles. The van der Waals surface area contributed by atoms with Crippen LogP contribution in [0, 0.1) is 12.8 Å². The van der Waals surface area contributed by atoms with Crippen molar-refractivity contribution in [1.29, 1.82) is 0 Å². The first-order valence-corrected chi connectivity index (χ1v) is 6.87. The lowest BCUT2D eigenvalue weighted by Crippen LogP contribution is -2.44. The zero-order valence-electron chi connectivity index (χ0n) is 11.2. The van der Waals surface area contributed by atoms with Crippen molar-refractivity contribution >= 4 is 27.8 Å². The Morgan fingerprint density at radius 1 is 1.37 bits per heavy atom. The molecule has 0 aliphatic carbocycles. The number of aliphatic carboxylic acids is 1. The van der Waals surface area contributed by atoms with Crippen LogP contribution in [0.2, 0.25) is 0 Å². The molecule has 1 rings (SSSR count). The first-order chi connectivity index (χ1) is 8.81. The summed E-state index contributed by atoms with van der Waals surface area (Å²) in [5.74, 6) is -1.43. The van der Waals surface area contributed by atoms with Gasteiger partial charge in [0.2, 0.25) is 5.91 Å². The molecule has 0 heterocycles. The molecule has 19 heavy (non-hydrogen) atoms. The lowest BCUT2D eigenvalue weighted by atomic mass is 10.0. The van der Waals surface area contributed by atoms with E-state index < -0.39 is 12.0 Å². The number of halogens is 1. The van der Waals surface area contributed by atoms with Crippen LogP contribution in [-0.2, 0) is 16.0 Å². The van der Waals surface area contributed by atoms with Gasteiger partial charge in [-0.2, -0.15) is 0 Å². The molecule has 5 heteroatoms. The van der Waals surface area contributed by atoms with Crippen molar-refractivity contribution in [1.82, 2.24) is 5.32 Å². The van der Waals surface area contributed by atoms with Crippen LogP contribution >= 0.6 is 15.9 Å². The van der Waals surface area contributed by atoms with E-state index in [2.05, 4.69) is 21.2 Å². The van der Waals surface area contributed by atoms with Gasteiger partial charge in [0.25, 0.3) is 0 Å². The van der Waals surface area contributed by atoms with Crippen LogP contribution in [0.25, 0.3) is 0 Å². The van der Waals surface area contributed by atoms with Crippen molar-refractivity contribution in [3.8, 4) is 0 Å². The summed E-state index contributed by atoms with van der Waals surface area (Å²) >= 11 is 3.41. The smallest absolute Gasteiger partial charge is 0.326 e. The van der Waals surface area contributed by atoms with Gasteiger partial charge in [0, 0.05) is 4.47 Å². The summed E-state index contributed by atoms with van der Waals surface area (Å²) in [5.41, 5.74) is 1.94. The number of carbonyl (C=O) groups is 2. The Hall–Kier alpha value is -1.36. The second-order valence-electron chi connectivity index (χ2n) is 4.89. The highest BCUT2D eigenvalue weighted by Gasteiger charge is 2.23. The number of benzene rings is 1. The predicted molar refractivity (Wildman–Crippen MR) is 77.0 cm³/mol. The Morgan fingerprint density at radius 3 is 2.47 bits per heavy atom. The standard InChI is InChI=1S/C14H18BrNO3/c1-8(2)13(14(18)19)16-12(17)7-10-5-4-9(3)11(15)6-10/h4-6,8,13H,7H2,1-3H3,(H,16,17)(H,18,19). The van der Waals surface area contributed by atoms with Crippen LogP contribution < -0.4 is 5.32 Å². The Labute approximate surface area is 121 Å². The highest BCUT2D eigenvalue weighted by Crippen LogP contribution is 2.17. The average molecular weight is 328 g/mol. The topological polar surface area (TPSA) is 66.4 Å². The summed E-state index contributed by atoms with van der Waals surface area (Å²) in [7, 11) is 0. The first kappa shape index (κ1) is 15.7. The van der Waals surface area contributed by atoms with E-state index in [0.29, 0.717) is 0 Å². The minimum absolute atomic E-state index is 0.147. The third-order valence-electron chi connectivity index (χ3n) is 2.85. The van der Waals surface area contributed by atoms with Gasteiger partial charge in [-0.25, -0.2) is 4.79 Å². The van der Waals surface area contributed by atoms with Crippen LogP contribution in [0.4, 0.5) is 0 Å². The van der Waals surface area contributed by atoms with Crippen molar-refractivity contribution in [2.24, 2.45) is 5.92 Å². The molecule has 1 atom stereocenters. The number of nitrogens with one attached hydrogen (secondary N) is 1. The third kappa shape index (κ3) is 4.67. The van der Waals surface area contributed by atoms with Gasteiger partial charge in [0.05, 0.1) is 6.42 Å². The molecule has 0 saturated carbocycles. The number of carboxylic acid groups (broad SMARTS) is 1. The lowest BCUT2D eigenvalue weighted by molar-refractivity contribution is -0.143. The van der Waals surface area contributed by atoms with E-state index in [1.165, 1.54) is 0 Å². The second kappa shape index (κ2) is 6.70. The van der Waals surface area contributed by atoms with Crippen LogP contribution in [0.3, 0.4) is 0 Å². The Bertz CT molecular complexity index is 486. The number of hydrogen-bond acceptors (Lipinski definition) is 2. The molecule has 104 valence electrons. The summed E-state index contributed by atoms with van der Waals surface area (Å²) in [6.45, 7) is 5.50. The number of hydrogen-bond donors (Lipinski definition) is 2. The van der Waals surface area contributed by atoms with E-state index in [9.17, 15) is 9.59 Å². The van der Waals surface area contributed by atoms with E-state index in [0.717, 1.165) is 15.6 Å². The van der Waals surface area contributed by atoms with Gasteiger partial charge in [-0.15, -0.1) is 0 Å². The molecule has 1 amide bonds. The molecular weight excluding hydrogens is 310 g/mol. The number of amides is 1. The molecule has 0 bridgehead atoms. The Morgan fingerprint density at radius 2 is 2.00 bits per heavy atom. The van der Waals surface area contributed by atoms with E-state index >= 15 is 0 Å². The van der Waals surface area contributed by atoms with E-state index in [4.69, 9.17) is 5.11 Å². The SMILES string of the molecule is Cc1ccc(CC(=O)NC(C(=O)O)C(C)C)cc1Br. The Balaban J connectivity index is 2.69. The molecule has 0 spiro atoms. The molecule has 0 aromatic heterocycles. The largest absolute Gasteiger partial charge is 0.480 e. The zero-order chi connectivity index (χ0) is 14.6. The van der Waals surface area contributed by atoms with Crippen molar-refractivity contribution in [2.45, 2.75) is 33.2 Å². The molecule has 0 saturated heterocycles. The molecular formula is C14H18BrNO3. The van der Waals surface area contributed by atoms with Crippen LogP contribution in [0.1, 0.15) is 25.0 Å². The van der Waals surface area contributed by atoms with Gasteiger partial charge in [-0.05, 0) is 30.0 Å². The fraction of sp³-hybridized carbons (Fsp3) is 0.429. The number of rotatable bonds is 5. The van der Waals surface area contributed by atoms with Gasteiger partial charge >= 0.3 is 5.97 Å². The normalized spacial score (nSPS) is 12.3. The molecule has 4 nitrogen and oxygen atoms in total. The van der Waals surface area contributed by atoms with E-state index in [-0.39, 0.29) is 18.2 Å². The van der Waals surface area contributed by atoms with E-state index in [1.54, 1.807) is 13.8 Å². The van der Waals surface area contributed by atoms with Crippen molar-refractivity contribution in [2.75, 3.05) is 0 Å². The molecule has 0 radical (unpaired) electrons. The Kier molecular flexibility index (Phi) is 5.54. The molecule has 1 unspecified atom stereocenters. The summed E-state index contributed by atoms with van der Waals surface area (Å²) in [6.07, 6.45) is 0.176. The molecule has 2 N–H and O–H groups in total. The van der Waals surface area contributed by atoms with E-state index in [1.807, 2.05) is 25.1 Å². The minimum Gasteiger partial charge on any atom is -0.480 e. The number of carboxylic acids is 1. The maximum absolute atomic E-state index is 11.8. The van der Waals surface area contributed by atoms with Gasteiger partial charge in [-0.3, -0.25) is 4.79 Å². The molecule has 0 fully saturated rings. The monoisotopic (exact) mass is 327 g/mol. The van der Waals surface area contributed by atoms with Crippen molar-refractivity contribution in [3.63, 3.8) is 0 Å². The van der Waals surface area contributed by atoms with Gasteiger partial charge < -0.3 is 10.4 Å². The van der Waals surface area contributed by atoms with Crippen molar-refractivity contribution in [3.05, 3.63) is 33.8 Å². The predicted octanol–water partition coefficient (Wildman–Crippen LogP) is 2.53. The third-order valence-corrected chi connectivity index (χ3v) is 3.70. The van der Waals surface area contributed by atoms with Gasteiger partial charge in [0.1, 0.15) is 6.04 Å². The molecule has 1 aromatic carbocycles. The summed E-state index contributed by atoms with van der Waals surface area (Å²) in [6, 6.07) is 4.82. The first-order valence-electron chi connectivity index (χ1n) is 6.08. The fourth-order valence-corrected chi connectivity index (χ4v) is 2.10. The minimum atomic E-state index is -1.01. The van der Waals surface area contributed by atoms with Gasteiger partial charge in [-0.1, -0.05) is 41.9 Å². The molecule has 1 aromatic rings. The fourth-order valence-electron chi connectivity index (χ4n) is 1.67. The average Bonchev–Trinajstić information content (AvgIpc) is 2.30. The highest BCUT2D eigenvalue weighted by atomic mass is 79.9. The molecule has 0 aliphatic rings. The zero-order valence-corrected chi connectivity index (χ0v) is 12.8. The van der Waals surface area contributed by atoms with Crippen LogP contribution in [-0.4, -0.2) is 23.0 Å². The highest BCUT2D eigenvalue weighted by molar-refractivity contribution is 9.10. The summed E-state index contributed by atoms with van der Waals surface area (Å²) < 4.78 is 0.941. The lowest BCUT2D eigenvalue weighted by Gasteiger charge is -2.17. The van der Waals surface area contributed by atoms with Crippen LogP contribution in [0.5, 0.6) is 0 Å². The number of carbonyl (C=O) groups excluding carboxylic acids is 1. The quantitative estimate of drug-likeness (QED) is 0.873. The number of aryl methyl sites for hydroxylation is 1. The summed E-state index contributed by atoms with van der Waals surface area (Å²) in [4.78, 5) is 22.8. The van der Waals surface area contributed by atoms with Crippen molar-refractivity contribution < 1.29 is 14.7 Å².